The van der Waals surface area contributed by atoms with Crippen molar-refractivity contribution >= 4 is 5.57 Å². The predicted octanol–water partition coefficient (Wildman–Crippen LogP) is -0.314. The molecule has 0 amide bonds. The molecule has 2 rings (SSSR count). The van der Waals surface area contributed by atoms with Gasteiger partial charge in [-0.1, -0.05) is 12.7 Å². The Kier molecular flexibility index (Phi) is 5.77. The van der Waals surface area contributed by atoms with Crippen molar-refractivity contribution in [2.24, 2.45) is 0 Å². The van der Waals surface area contributed by atoms with E-state index in [0.717, 1.165) is 23.9 Å². The van der Waals surface area contributed by atoms with Crippen molar-refractivity contribution < 1.29 is 33.2 Å². The Bertz CT molecular complexity index is 530. The zero-order valence-corrected chi connectivity index (χ0v) is 14.9. The van der Waals surface area contributed by atoms with E-state index < -0.39 is 0 Å². The molecule has 1 heterocycles. The smallest absolute Gasteiger partial charge is 0.213 e. The fourth-order valence-corrected chi connectivity index (χ4v) is 2.51. The normalized spacial score (nSPS) is 13.9. The standard InChI is InChI=1S/C16H23N2O.HI/c1-12(11-18(2,3)4)14-8-6-7-13-9-16(19-5)17-10-15(13)14;/h8-10H,1,6-7,11H2,2-5H3;1H/q+1;/p-1. The van der Waals surface area contributed by atoms with E-state index in [4.69, 9.17) is 4.74 Å². The first kappa shape index (κ1) is 17.2. The van der Waals surface area contributed by atoms with Gasteiger partial charge < -0.3 is 33.2 Å². The Morgan fingerprint density at radius 1 is 1.40 bits per heavy atom. The highest BCUT2D eigenvalue weighted by atomic mass is 127. The number of rotatable bonds is 4. The lowest BCUT2D eigenvalue weighted by molar-refractivity contribution is -0.865. The van der Waals surface area contributed by atoms with Crippen LogP contribution in [0.5, 0.6) is 5.88 Å². The van der Waals surface area contributed by atoms with Gasteiger partial charge in [0.05, 0.1) is 28.3 Å². The van der Waals surface area contributed by atoms with Crippen LogP contribution >= 0.6 is 0 Å². The number of methoxy groups -OCH3 is 1. The van der Waals surface area contributed by atoms with Crippen molar-refractivity contribution in [1.82, 2.24) is 4.98 Å². The molecular formula is C16H23IN2O. The number of nitrogens with zero attached hydrogens (tertiary/aromatic N) is 2. The zero-order valence-electron chi connectivity index (χ0n) is 12.7. The first-order chi connectivity index (χ1) is 8.90. The van der Waals surface area contributed by atoms with E-state index in [-0.39, 0.29) is 24.0 Å². The first-order valence-corrected chi connectivity index (χ1v) is 6.63. The fourth-order valence-electron chi connectivity index (χ4n) is 2.51. The summed E-state index contributed by atoms with van der Waals surface area (Å²) in [7, 11) is 8.20. The van der Waals surface area contributed by atoms with Gasteiger partial charge in [-0.25, -0.2) is 4.98 Å². The maximum atomic E-state index is 5.20. The lowest BCUT2D eigenvalue weighted by Crippen LogP contribution is -3.00. The Hall–Kier alpha value is -0.880. The fraction of sp³-hybridized carbons (Fsp3) is 0.438. The number of quaternary nitrogens is 1. The van der Waals surface area contributed by atoms with E-state index in [1.165, 1.54) is 22.3 Å². The number of likely N-dealkylation sites (N-methyl/N-ethyl adjacent to an activating group) is 1. The summed E-state index contributed by atoms with van der Waals surface area (Å²) in [6.07, 6.45) is 6.31. The van der Waals surface area contributed by atoms with E-state index in [9.17, 15) is 0 Å². The topological polar surface area (TPSA) is 22.1 Å². The van der Waals surface area contributed by atoms with Crippen molar-refractivity contribution in [2.75, 3.05) is 34.8 Å². The maximum Gasteiger partial charge on any atom is 0.213 e. The second-order valence-corrected chi connectivity index (χ2v) is 6.09. The third-order valence-corrected chi connectivity index (χ3v) is 3.27. The molecule has 3 nitrogen and oxygen atoms in total. The van der Waals surface area contributed by atoms with Gasteiger partial charge in [-0.15, -0.1) is 0 Å². The molecule has 0 saturated carbocycles. The van der Waals surface area contributed by atoms with Gasteiger partial charge in [-0.05, 0) is 24.0 Å². The van der Waals surface area contributed by atoms with E-state index in [1.54, 1.807) is 7.11 Å². The van der Waals surface area contributed by atoms with Gasteiger partial charge in [0, 0.05) is 23.4 Å². The quantitative estimate of drug-likeness (QED) is 0.523. The molecule has 0 N–H and O–H groups in total. The minimum absolute atomic E-state index is 0. The Morgan fingerprint density at radius 3 is 2.70 bits per heavy atom. The summed E-state index contributed by atoms with van der Waals surface area (Å²) in [6.45, 7) is 5.20. The van der Waals surface area contributed by atoms with Gasteiger partial charge in [-0.2, -0.15) is 0 Å². The molecule has 1 aromatic heterocycles. The third kappa shape index (κ3) is 4.06. The minimum Gasteiger partial charge on any atom is -1.00 e. The molecule has 0 bridgehead atoms. The van der Waals surface area contributed by atoms with Gasteiger partial charge in [0.1, 0.15) is 6.54 Å². The summed E-state index contributed by atoms with van der Waals surface area (Å²) in [6, 6.07) is 2.04. The highest BCUT2D eigenvalue weighted by Gasteiger charge is 2.19. The van der Waals surface area contributed by atoms with Crippen LogP contribution < -0.4 is 28.7 Å². The van der Waals surface area contributed by atoms with Crippen LogP contribution in [0.1, 0.15) is 17.5 Å². The average Bonchev–Trinajstić information content (AvgIpc) is 2.35. The van der Waals surface area contributed by atoms with Crippen LogP contribution in [0.25, 0.3) is 5.57 Å². The summed E-state index contributed by atoms with van der Waals surface area (Å²) in [5.74, 6) is 0.692. The first-order valence-electron chi connectivity index (χ1n) is 6.63. The molecule has 0 aliphatic heterocycles. The van der Waals surface area contributed by atoms with Crippen LogP contribution in [0.15, 0.2) is 30.5 Å². The minimum atomic E-state index is 0. The summed E-state index contributed by atoms with van der Waals surface area (Å²) in [5.41, 5.74) is 4.96. The van der Waals surface area contributed by atoms with Gasteiger partial charge in [0.25, 0.3) is 0 Å². The second-order valence-electron chi connectivity index (χ2n) is 6.09. The summed E-state index contributed by atoms with van der Waals surface area (Å²) < 4.78 is 6.08. The number of hydrogen-bond donors (Lipinski definition) is 0. The molecular weight excluding hydrogens is 363 g/mol. The highest BCUT2D eigenvalue weighted by molar-refractivity contribution is 5.81. The number of aromatic nitrogens is 1. The molecule has 0 saturated heterocycles. The number of aryl methyl sites for hydroxylation is 1. The molecule has 0 spiro atoms. The van der Waals surface area contributed by atoms with Crippen LogP contribution in [0.2, 0.25) is 0 Å². The molecule has 0 fully saturated rings. The molecule has 1 aliphatic rings. The Labute approximate surface area is 139 Å². The van der Waals surface area contributed by atoms with E-state index in [2.05, 4.69) is 38.8 Å². The van der Waals surface area contributed by atoms with E-state index in [0.29, 0.717) is 5.88 Å². The van der Waals surface area contributed by atoms with Crippen LogP contribution in [0.4, 0.5) is 0 Å². The van der Waals surface area contributed by atoms with Gasteiger partial charge in [-0.3, -0.25) is 0 Å². The van der Waals surface area contributed by atoms with Crippen molar-refractivity contribution in [1.29, 1.82) is 0 Å². The molecule has 1 aromatic rings. The number of fused-ring (bicyclic) bond motifs is 1. The van der Waals surface area contributed by atoms with Crippen molar-refractivity contribution in [3.05, 3.63) is 41.6 Å². The number of pyridine rings is 1. The SMILES string of the molecule is C=C(C[N+](C)(C)C)C1=CCCc2cc(OC)ncc21.[I-]. The van der Waals surface area contributed by atoms with Crippen LogP contribution in [0, 0.1) is 0 Å². The van der Waals surface area contributed by atoms with Gasteiger partial charge in [0.15, 0.2) is 0 Å². The molecule has 0 unspecified atom stereocenters. The van der Waals surface area contributed by atoms with Crippen LogP contribution in [-0.2, 0) is 6.42 Å². The number of ether oxygens (including phenoxy) is 1. The highest BCUT2D eigenvalue weighted by Crippen LogP contribution is 2.32. The Balaban J connectivity index is 0.00000200. The lowest BCUT2D eigenvalue weighted by Gasteiger charge is -2.27. The van der Waals surface area contributed by atoms with Crippen molar-refractivity contribution in [2.45, 2.75) is 12.8 Å². The number of hydrogen-bond acceptors (Lipinski definition) is 2. The molecule has 0 radical (unpaired) electrons. The molecule has 110 valence electrons. The van der Waals surface area contributed by atoms with E-state index >= 15 is 0 Å². The number of allylic oxidation sites excluding steroid dienone is 1. The van der Waals surface area contributed by atoms with Crippen LogP contribution in [-0.4, -0.2) is 44.3 Å². The summed E-state index contributed by atoms with van der Waals surface area (Å²) >= 11 is 0. The molecule has 0 atom stereocenters. The maximum absolute atomic E-state index is 5.20. The Morgan fingerprint density at radius 2 is 2.10 bits per heavy atom. The second kappa shape index (κ2) is 6.72. The molecule has 1 aliphatic carbocycles. The van der Waals surface area contributed by atoms with E-state index in [1.807, 2.05) is 12.3 Å². The molecule has 20 heavy (non-hydrogen) atoms. The van der Waals surface area contributed by atoms with Crippen molar-refractivity contribution in [3.63, 3.8) is 0 Å². The zero-order chi connectivity index (χ0) is 14.0. The monoisotopic (exact) mass is 386 g/mol. The van der Waals surface area contributed by atoms with Crippen LogP contribution in [0.3, 0.4) is 0 Å². The number of halogens is 1. The largest absolute Gasteiger partial charge is 1.00 e. The third-order valence-electron chi connectivity index (χ3n) is 3.27. The summed E-state index contributed by atoms with van der Waals surface area (Å²) in [5, 5.41) is 0. The molecule has 0 aromatic carbocycles. The average molecular weight is 386 g/mol. The van der Waals surface area contributed by atoms with Gasteiger partial charge in [0.2, 0.25) is 5.88 Å². The van der Waals surface area contributed by atoms with Gasteiger partial charge >= 0.3 is 0 Å². The lowest BCUT2D eigenvalue weighted by atomic mass is 9.88. The molecule has 4 heteroatoms. The van der Waals surface area contributed by atoms with Crippen molar-refractivity contribution in [3.8, 4) is 5.88 Å². The summed E-state index contributed by atoms with van der Waals surface area (Å²) in [4.78, 5) is 4.33. The predicted molar refractivity (Wildman–Crippen MR) is 79.1 cm³/mol.